The van der Waals surface area contributed by atoms with Crippen LogP contribution in [0.5, 0.6) is 0 Å². The minimum atomic E-state index is -0.861. The molecule has 2 N–H and O–H groups in total. The predicted molar refractivity (Wildman–Crippen MR) is 73.5 cm³/mol. The van der Waals surface area contributed by atoms with Crippen LogP contribution < -0.4 is 0 Å². The first-order valence-electron chi connectivity index (χ1n) is 6.34. The first-order valence-corrected chi connectivity index (χ1v) is 6.34. The fourth-order valence-electron chi connectivity index (χ4n) is 2.67. The molecule has 1 heterocycles. The molecule has 0 unspecified atom stereocenters. The number of aromatic amines is 1. The van der Waals surface area contributed by atoms with Crippen LogP contribution in [0, 0.1) is 6.92 Å². The molecule has 18 heavy (non-hydrogen) atoms. The number of carbonyl (C=O) groups is 1. The van der Waals surface area contributed by atoms with Crippen LogP contribution in [0.2, 0.25) is 0 Å². The minimum Gasteiger partial charge on any atom is -0.478 e. The van der Waals surface area contributed by atoms with Crippen molar-refractivity contribution in [2.45, 2.75) is 40.0 Å². The number of benzene rings is 1. The second-order valence-corrected chi connectivity index (χ2v) is 5.04. The van der Waals surface area contributed by atoms with E-state index in [1.807, 2.05) is 6.92 Å². The average Bonchev–Trinajstić information content (AvgIpc) is 2.63. The van der Waals surface area contributed by atoms with Gasteiger partial charge < -0.3 is 10.1 Å². The highest BCUT2D eigenvalue weighted by atomic mass is 16.4. The molecule has 3 nitrogen and oxygen atoms in total. The second kappa shape index (κ2) is 4.48. The zero-order chi connectivity index (χ0) is 13.4. The lowest BCUT2D eigenvalue weighted by molar-refractivity contribution is 0.0697. The van der Waals surface area contributed by atoms with Gasteiger partial charge in [0.1, 0.15) is 0 Å². The Kier molecular flexibility index (Phi) is 3.16. The van der Waals surface area contributed by atoms with Crippen molar-refractivity contribution in [3.8, 4) is 0 Å². The highest BCUT2D eigenvalue weighted by molar-refractivity contribution is 5.97. The Labute approximate surface area is 107 Å². The maximum Gasteiger partial charge on any atom is 0.335 e. The maximum atomic E-state index is 11.2. The summed E-state index contributed by atoms with van der Waals surface area (Å²) in [6, 6.07) is 3.56. The lowest BCUT2D eigenvalue weighted by Crippen LogP contribution is -1.98. The average molecular weight is 245 g/mol. The number of carboxylic acid groups (broad SMARTS) is 1. The number of aryl methyl sites for hydroxylation is 2. The number of aromatic carboxylic acids is 1. The Hall–Kier alpha value is -1.77. The Morgan fingerprint density at radius 1 is 1.39 bits per heavy atom. The molecule has 2 aromatic rings. The molecule has 1 aromatic carbocycles. The molecule has 0 saturated carbocycles. The van der Waals surface area contributed by atoms with Crippen molar-refractivity contribution in [3.63, 3.8) is 0 Å². The van der Waals surface area contributed by atoms with Crippen LogP contribution >= 0.6 is 0 Å². The number of hydrogen-bond donors (Lipinski definition) is 2. The molecular formula is C15H19NO2. The van der Waals surface area contributed by atoms with Crippen molar-refractivity contribution in [1.29, 1.82) is 0 Å². The van der Waals surface area contributed by atoms with Gasteiger partial charge >= 0.3 is 5.97 Å². The van der Waals surface area contributed by atoms with Crippen LogP contribution in [-0.4, -0.2) is 16.1 Å². The number of nitrogens with one attached hydrogen (secondary N) is 1. The maximum absolute atomic E-state index is 11.2. The molecule has 0 bridgehead atoms. The molecule has 0 aliphatic carbocycles. The number of H-pyrrole nitrogens is 1. The predicted octanol–water partition coefficient (Wildman–Crippen LogP) is 3.86. The molecule has 3 heteroatoms. The summed E-state index contributed by atoms with van der Waals surface area (Å²) in [5, 5.41) is 10.2. The largest absolute Gasteiger partial charge is 0.478 e. The Morgan fingerprint density at radius 2 is 2.06 bits per heavy atom. The molecule has 0 atom stereocenters. The zero-order valence-corrected chi connectivity index (χ0v) is 11.3. The van der Waals surface area contributed by atoms with Gasteiger partial charge in [0.15, 0.2) is 0 Å². The lowest BCUT2D eigenvalue weighted by Gasteiger charge is -2.07. The number of aromatic nitrogens is 1. The van der Waals surface area contributed by atoms with Crippen molar-refractivity contribution in [1.82, 2.24) is 4.98 Å². The summed E-state index contributed by atoms with van der Waals surface area (Å²) in [6.07, 6.45) is 0.828. The van der Waals surface area contributed by atoms with Gasteiger partial charge in [-0.15, -0.1) is 0 Å². The van der Waals surface area contributed by atoms with Gasteiger partial charge in [0.25, 0.3) is 0 Å². The first kappa shape index (κ1) is 12.7. The summed E-state index contributed by atoms with van der Waals surface area (Å²) in [6.45, 7) is 8.37. The highest BCUT2D eigenvalue weighted by Gasteiger charge is 2.16. The summed E-state index contributed by atoms with van der Waals surface area (Å²) in [4.78, 5) is 14.6. The van der Waals surface area contributed by atoms with Gasteiger partial charge in [-0.2, -0.15) is 0 Å². The number of rotatable bonds is 3. The van der Waals surface area contributed by atoms with Crippen molar-refractivity contribution in [3.05, 3.63) is 34.5 Å². The van der Waals surface area contributed by atoms with E-state index in [1.54, 1.807) is 12.1 Å². The zero-order valence-electron chi connectivity index (χ0n) is 11.3. The van der Waals surface area contributed by atoms with Crippen LogP contribution in [-0.2, 0) is 6.42 Å². The van der Waals surface area contributed by atoms with Gasteiger partial charge in [0.2, 0.25) is 0 Å². The van der Waals surface area contributed by atoms with Crippen molar-refractivity contribution < 1.29 is 9.90 Å². The molecular weight excluding hydrogens is 226 g/mol. The highest BCUT2D eigenvalue weighted by Crippen LogP contribution is 2.32. The molecule has 0 spiro atoms. The fraction of sp³-hybridized carbons (Fsp3) is 0.400. The van der Waals surface area contributed by atoms with Crippen LogP contribution in [0.4, 0.5) is 0 Å². The third-order valence-electron chi connectivity index (χ3n) is 3.43. The Bertz CT molecular complexity index is 608. The minimum absolute atomic E-state index is 0.375. The molecule has 1 aromatic heterocycles. The van der Waals surface area contributed by atoms with Gasteiger partial charge in [-0.25, -0.2) is 4.79 Å². The SMILES string of the molecule is CCc1cc(C(=O)O)cc2c(C(C)C)c(C)[nH]c12. The van der Waals surface area contributed by atoms with Gasteiger partial charge in [0, 0.05) is 16.6 Å². The molecule has 0 saturated heterocycles. The first-order chi connectivity index (χ1) is 8.45. The van der Waals surface area contributed by atoms with Crippen LogP contribution in [0.3, 0.4) is 0 Å². The van der Waals surface area contributed by atoms with E-state index in [1.165, 1.54) is 5.56 Å². The Morgan fingerprint density at radius 3 is 2.56 bits per heavy atom. The molecule has 0 amide bonds. The molecule has 2 rings (SSSR count). The molecule has 96 valence electrons. The van der Waals surface area contributed by atoms with E-state index in [0.717, 1.165) is 28.6 Å². The third kappa shape index (κ3) is 1.90. The van der Waals surface area contributed by atoms with E-state index in [0.29, 0.717) is 11.5 Å². The summed E-state index contributed by atoms with van der Waals surface area (Å²) >= 11 is 0. The van der Waals surface area contributed by atoms with E-state index in [-0.39, 0.29) is 0 Å². The van der Waals surface area contributed by atoms with E-state index in [4.69, 9.17) is 0 Å². The fourth-order valence-corrected chi connectivity index (χ4v) is 2.67. The van der Waals surface area contributed by atoms with Crippen molar-refractivity contribution in [2.24, 2.45) is 0 Å². The van der Waals surface area contributed by atoms with Gasteiger partial charge in [-0.05, 0) is 42.5 Å². The van der Waals surface area contributed by atoms with Gasteiger partial charge in [0.05, 0.1) is 5.56 Å². The normalized spacial score (nSPS) is 11.4. The van der Waals surface area contributed by atoms with Crippen LogP contribution in [0.25, 0.3) is 10.9 Å². The summed E-state index contributed by atoms with van der Waals surface area (Å²) in [5.74, 6) is -0.479. The monoisotopic (exact) mass is 245 g/mol. The number of carboxylic acids is 1. The van der Waals surface area contributed by atoms with Crippen molar-refractivity contribution in [2.75, 3.05) is 0 Å². The molecule has 0 aliphatic rings. The summed E-state index contributed by atoms with van der Waals surface area (Å²) in [5.41, 5.74) is 4.89. The number of hydrogen-bond acceptors (Lipinski definition) is 1. The smallest absolute Gasteiger partial charge is 0.335 e. The van der Waals surface area contributed by atoms with E-state index in [2.05, 4.69) is 25.8 Å². The standard InChI is InChI=1S/C15H19NO2/c1-5-10-6-11(15(17)18)7-12-13(8(2)3)9(4)16-14(10)12/h6-8,16H,5H2,1-4H3,(H,17,18). The lowest BCUT2D eigenvalue weighted by atomic mass is 9.96. The summed E-state index contributed by atoms with van der Waals surface area (Å²) in [7, 11) is 0. The van der Waals surface area contributed by atoms with E-state index < -0.39 is 5.97 Å². The van der Waals surface area contributed by atoms with Gasteiger partial charge in [-0.1, -0.05) is 20.8 Å². The molecule has 0 radical (unpaired) electrons. The second-order valence-electron chi connectivity index (χ2n) is 5.04. The number of fused-ring (bicyclic) bond motifs is 1. The van der Waals surface area contributed by atoms with Gasteiger partial charge in [-0.3, -0.25) is 0 Å². The van der Waals surface area contributed by atoms with Crippen molar-refractivity contribution >= 4 is 16.9 Å². The van der Waals surface area contributed by atoms with E-state index in [9.17, 15) is 9.90 Å². The topological polar surface area (TPSA) is 53.1 Å². The quantitative estimate of drug-likeness (QED) is 0.862. The van der Waals surface area contributed by atoms with Crippen LogP contribution in [0.15, 0.2) is 12.1 Å². The van der Waals surface area contributed by atoms with E-state index >= 15 is 0 Å². The van der Waals surface area contributed by atoms with Crippen LogP contribution in [0.1, 0.15) is 53.9 Å². The molecule has 0 fully saturated rings. The molecule has 0 aliphatic heterocycles. The third-order valence-corrected chi connectivity index (χ3v) is 3.43. The Balaban J connectivity index is 2.84. The summed E-state index contributed by atoms with van der Waals surface area (Å²) < 4.78 is 0.